The number of benzene rings is 1. The van der Waals surface area contributed by atoms with E-state index in [2.05, 4.69) is 5.32 Å². The van der Waals surface area contributed by atoms with E-state index < -0.39 is 0 Å². The molecule has 1 aliphatic carbocycles. The lowest BCUT2D eigenvalue weighted by Crippen LogP contribution is -2.39. The van der Waals surface area contributed by atoms with Crippen LogP contribution in [0.1, 0.15) is 73.7 Å². The van der Waals surface area contributed by atoms with Crippen LogP contribution in [-0.4, -0.2) is 36.3 Å². The van der Waals surface area contributed by atoms with Crippen molar-refractivity contribution >= 4 is 11.8 Å². The summed E-state index contributed by atoms with van der Waals surface area (Å²) >= 11 is 0. The molecular formula is C23H34N2O2. The topological polar surface area (TPSA) is 49.4 Å². The molecule has 1 aromatic carbocycles. The van der Waals surface area contributed by atoms with Gasteiger partial charge in [-0.2, -0.15) is 0 Å². The van der Waals surface area contributed by atoms with Crippen molar-refractivity contribution in [3.8, 4) is 0 Å². The number of carbonyl (C=O) groups excluding carboxylic acids is 2. The summed E-state index contributed by atoms with van der Waals surface area (Å²) in [5.41, 5.74) is 1.86. The Morgan fingerprint density at radius 3 is 2.41 bits per heavy atom. The zero-order valence-corrected chi connectivity index (χ0v) is 16.7. The van der Waals surface area contributed by atoms with Gasteiger partial charge in [-0.1, -0.05) is 37.5 Å². The minimum absolute atomic E-state index is 0.150. The van der Waals surface area contributed by atoms with E-state index in [0.29, 0.717) is 18.3 Å². The Morgan fingerprint density at radius 2 is 1.70 bits per heavy atom. The van der Waals surface area contributed by atoms with Gasteiger partial charge in [0.05, 0.1) is 0 Å². The normalized spacial score (nSPS) is 19.1. The third kappa shape index (κ3) is 5.82. The molecule has 1 heterocycles. The third-order valence-corrected chi connectivity index (χ3v) is 6.37. The molecule has 1 aliphatic heterocycles. The first-order chi connectivity index (χ1) is 13.1. The second kappa shape index (κ2) is 9.91. The summed E-state index contributed by atoms with van der Waals surface area (Å²) in [6.45, 7) is 4.47. The Balaban J connectivity index is 1.35. The van der Waals surface area contributed by atoms with Crippen LogP contribution >= 0.6 is 0 Å². The molecule has 1 saturated heterocycles. The number of nitrogens with one attached hydrogen (secondary N) is 1. The molecule has 0 radical (unpaired) electrons. The van der Waals surface area contributed by atoms with Crippen LogP contribution < -0.4 is 5.32 Å². The van der Waals surface area contributed by atoms with E-state index in [-0.39, 0.29) is 11.8 Å². The smallest absolute Gasteiger partial charge is 0.254 e. The number of likely N-dealkylation sites (tertiary alicyclic amines) is 1. The van der Waals surface area contributed by atoms with E-state index in [4.69, 9.17) is 0 Å². The molecular weight excluding hydrogens is 336 g/mol. The van der Waals surface area contributed by atoms with Crippen molar-refractivity contribution in [3.63, 3.8) is 0 Å². The largest absolute Gasteiger partial charge is 0.356 e. The van der Waals surface area contributed by atoms with Gasteiger partial charge in [-0.05, 0) is 62.5 Å². The van der Waals surface area contributed by atoms with Crippen LogP contribution in [0.25, 0.3) is 0 Å². The summed E-state index contributed by atoms with van der Waals surface area (Å²) < 4.78 is 0. The van der Waals surface area contributed by atoms with Crippen molar-refractivity contribution in [1.29, 1.82) is 0 Å². The summed E-state index contributed by atoms with van der Waals surface area (Å²) in [5, 5.41) is 3.14. The second-order valence-corrected chi connectivity index (χ2v) is 8.40. The Kier molecular flexibility index (Phi) is 7.31. The van der Waals surface area contributed by atoms with E-state index in [1.807, 2.05) is 36.1 Å². The maximum Gasteiger partial charge on any atom is 0.254 e. The highest BCUT2D eigenvalue weighted by Crippen LogP contribution is 2.25. The molecule has 1 N–H and O–H groups in total. The highest BCUT2D eigenvalue weighted by Gasteiger charge is 2.24. The fraction of sp³-hybridized carbons (Fsp3) is 0.652. The predicted octanol–water partition coefficient (Wildman–Crippen LogP) is 4.32. The number of amides is 2. The van der Waals surface area contributed by atoms with Gasteiger partial charge in [0.1, 0.15) is 0 Å². The molecule has 27 heavy (non-hydrogen) atoms. The first-order valence-electron chi connectivity index (χ1n) is 10.7. The first-order valence-corrected chi connectivity index (χ1v) is 10.7. The molecule has 1 saturated carbocycles. The summed E-state index contributed by atoms with van der Waals surface area (Å²) in [4.78, 5) is 26.8. The molecule has 2 aliphatic rings. The average Bonchev–Trinajstić information content (AvgIpc) is 2.72. The minimum atomic E-state index is 0.150. The number of rotatable bonds is 6. The average molecular weight is 371 g/mol. The summed E-state index contributed by atoms with van der Waals surface area (Å²) in [6.07, 6.45) is 10.1. The van der Waals surface area contributed by atoms with E-state index in [1.54, 1.807) is 0 Å². The van der Waals surface area contributed by atoms with Crippen LogP contribution in [0.3, 0.4) is 0 Å². The van der Waals surface area contributed by atoms with Crippen molar-refractivity contribution in [2.45, 2.75) is 64.7 Å². The van der Waals surface area contributed by atoms with Gasteiger partial charge in [-0.15, -0.1) is 0 Å². The Hall–Kier alpha value is -1.84. The number of carbonyl (C=O) groups is 2. The van der Waals surface area contributed by atoms with Crippen LogP contribution in [0.4, 0.5) is 0 Å². The molecule has 2 amide bonds. The Bertz CT molecular complexity index is 629. The molecule has 148 valence electrons. The number of hydrogen-bond acceptors (Lipinski definition) is 2. The van der Waals surface area contributed by atoms with Crippen molar-refractivity contribution in [3.05, 3.63) is 35.4 Å². The minimum Gasteiger partial charge on any atom is -0.356 e. The third-order valence-electron chi connectivity index (χ3n) is 6.37. The summed E-state index contributed by atoms with van der Waals surface area (Å²) in [5.74, 6) is 1.61. The Morgan fingerprint density at radius 1 is 1.00 bits per heavy atom. The molecule has 4 heteroatoms. The number of piperidine rings is 1. The molecule has 3 rings (SSSR count). The molecule has 4 nitrogen and oxygen atoms in total. The predicted molar refractivity (Wildman–Crippen MR) is 109 cm³/mol. The van der Waals surface area contributed by atoms with Crippen molar-refractivity contribution < 1.29 is 9.59 Å². The molecule has 2 fully saturated rings. The van der Waals surface area contributed by atoms with Crippen molar-refractivity contribution in [2.75, 3.05) is 19.6 Å². The Labute approximate surface area is 163 Å². The number of nitrogens with zero attached hydrogens (tertiary/aromatic N) is 1. The van der Waals surface area contributed by atoms with Gasteiger partial charge in [-0.25, -0.2) is 0 Å². The monoisotopic (exact) mass is 370 g/mol. The van der Waals surface area contributed by atoms with Gasteiger partial charge in [0.2, 0.25) is 5.91 Å². The van der Waals surface area contributed by atoms with E-state index in [1.165, 1.54) is 32.1 Å². The quantitative estimate of drug-likeness (QED) is 0.810. The van der Waals surface area contributed by atoms with Gasteiger partial charge in [0.25, 0.3) is 5.91 Å². The van der Waals surface area contributed by atoms with Crippen LogP contribution in [0.2, 0.25) is 0 Å². The van der Waals surface area contributed by atoms with Gasteiger partial charge < -0.3 is 10.2 Å². The van der Waals surface area contributed by atoms with E-state index in [9.17, 15) is 9.59 Å². The molecule has 0 unspecified atom stereocenters. The maximum atomic E-state index is 12.7. The van der Waals surface area contributed by atoms with E-state index >= 15 is 0 Å². The van der Waals surface area contributed by atoms with Gasteiger partial charge in [0.15, 0.2) is 0 Å². The molecule has 0 spiro atoms. The van der Waals surface area contributed by atoms with Crippen LogP contribution in [0, 0.1) is 18.8 Å². The summed E-state index contributed by atoms with van der Waals surface area (Å²) in [7, 11) is 0. The SMILES string of the molecule is Cc1ccccc1C(=O)N1CCC(CCC(=O)NCC2CCCCC2)CC1. The lowest BCUT2D eigenvalue weighted by atomic mass is 9.89. The van der Waals surface area contributed by atoms with Crippen molar-refractivity contribution in [1.82, 2.24) is 10.2 Å². The van der Waals surface area contributed by atoms with E-state index in [0.717, 1.165) is 50.0 Å². The highest BCUT2D eigenvalue weighted by atomic mass is 16.2. The molecule has 0 aromatic heterocycles. The standard InChI is InChI=1S/C23H34N2O2/c1-18-7-5-6-10-21(18)23(27)25-15-13-19(14-16-25)11-12-22(26)24-17-20-8-3-2-4-9-20/h5-7,10,19-20H,2-4,8-9,11-17H2,1H3,(H,24,26). The molecule has 0 atom stereocenters. The lowest BCUT2D eigenvalue weighted by Gasteiger charge is -2.32. The van der Waals surface area contributed by atoms with Crippen LogP contribution in [0.15, 0.2) is 24.3 Å². The zero-order valence-electron chi connectivity index (χ0n) is 16.7. The summed E-state index contributed by atoms with van der Waals surface area (Å²) in [6, 6.07) is 7.81. The van der Waals surface area contributed by atoms with Crippen LogP contribution in [-0.2, 0) is 4.79 Å². The molecule has 0 bridgehead atoms. The van der Waals surface area contributed by atoms with Gasteiger partial charge >= 0.3 is 0 Å². The zero-order chi connectivity index (χ0) is 19.1. The van der Waals surface area contributed by atoms with Crippen molar-refractivity contribution in [2.24, 2.45) is 11.8 Å². The number of aryl methyl sites for hydroxylation is 1. The van der Waals surface area contributed by atoms with Gasteiger partial charge in [0, 0.05) is 31.6 Å². The molecule has 1 aromatic rings. The van der Waals surface area contributed by atoms with Gasteiger partial charge in [-0.3, -0.25) is 9.59 Å². The first kappa shape index (κ1) is 19.9. The maximum absolute atomic E-state index is 12.7. The lowest BCUT2D eigenvalue weighted by molar-refractivity contribution is -0.121. The fourth-order valence-corrected chi connectivity index (χ4v) is 4.48. The number of hydrogen-bond donors (Lipinski definition) is 1. The van der Waals surface area contributed by atoms with Crippen LogP contribution in [0.5, 0.6) is 0 Å². The second-order valence-electron chi connectivity index (χ2n) is 8.40. The fourth-order valence-electron chi connectivity index (χ4n) is 4.48. The highest BCUT2D eigenvalue weighted by molar-refractivity contribution is 5.95.